The molecule has 2 aromatic heterocycles. The molecule has 0 aliphatic heterocycles. The van der Waals surface area contributed by atoms with Crippen molar-refractivity contribution in [3.05, 3.63) is 71.3 Å². The first-order valence-electron chi connectivity index (χ1n) is 7.59. The van der Waals surface area contributed by atoms with Gasteiger partial charge in [0.15, 0.2) is 0 Å². The van der Waals surface area contributed by atoms with Crippen LogP contribution in [0.15, 0.2) is 43.0 Å². The highest BCUT2D eigenvalue weighted by atomic mass is 16.5. The highest BCUT2D eigenvalue weighted by Gasteiger charge is 2.21. The minimum atomic E-state index is 0.0987. The summed E-state index contributed by atoms with van der Waals surface area (Å²) in [6, 6.07) is 8.17. The van der Waals surface area contributed by atoms with Gasteiger partial charge in [-0.25, -0.2) is 15.0 Å². The average molecular weight is 308 g/mol. The molecule has 23 heavy (non-hydrogen) atoms. The number of para-hydroxylation sites is 1. The normalized spacial score (nSPS) is 12.1. The zero-order valence-electron chi connectivity index (χ0n) is 13.6. The summed E-state index contributed by atoms with van der Waals surface area (Å²) < 4.78 is 5.65. The quantitative estimate of drug-likeness (QED) is 0.786. The Bertz CT molecular complexity index is 783. The largest absolute Gasteiger partial charge is 0.496 e. The number of ether oxygens (including phenoxy) is 1. The van der Waals surface area contributed by atoms with E-state index in [0.29, 0.717) is 0 Å². The molecular formula is C18H20N4O. The molecular weight excluding hydrogens is 288 g/mol. The summed E-state index contributed by atoms with van der Waals surface area (Å²) in [6.45, 7) is 3.96. The molecule has 5 heteroatoms. The van der Waals surface area contributed by atoms with Crippen molar-refractivity contribution in [1.82, 2.24) is 19.9 Å². The van der Waals surface area contributed by atoms with Crippen LogP contribution in [-0.2, 0) is 6.42 Å². The second-order valence-corrected chi connectivity index (χ2v) is 5.56. The summed E-state index contributed by atoms with van der Waals surface area (Å²) in [5.41, 5.74) is 4.30. The predicted octanol–water partition coefficient (Wildman–Crippen LogP) is 3.20. The lowest BCUT2D eigenvalue weighted by Gasteiger charge is -2.20. The van der Waals surface area contributed by atoms with E-state index < -0.39 is 0 Å². The Morgan fingerprint density at radius 1 is 1.22 bits per heavy atom. The number of H-pyrrole nitrogens is 1. The zero-order chi connectivity index (χ0) is 16.2. The van der Waals surface area contributed by atoms with Crippen LogP contribution in [0.25, 0.3) is 0 Å². The zero-order valence-corrected chi connectivity index (χ0v) is 13.6. The number of nitrogens with zero attached hydrogens (tertiary/aromatic N) is 3. The number of hydrogen-bond acceptors (Lipinski definition) is 4. The van der Waals surface area contributed by atoms with Crippen molar-refractivity contribution < 1.29 is 4.74 Å². The minimum Gasteiger partial charge on any atom is -0.496 e. The second kappa shape index (κ2) is 6.60. The van der Waals surface area contributed by atoms with Crippen LogP contribution >= 0.6 is 0 Å². The highest BCUT2D eigenvalue weighted by molar-refractivity contribution is 5.46. The first-order valence-corrected chi connectivity index (χ1v) is 7.59. The van der Waals surface area contributed by atoms with E-state index in [1.165, 1.54) is 0 Å². The number of aromatic amines is 1. The van der Waals surface area contributed by atoms with Gasteiger partial charge in [-0.1, -0.05) is 18.2 Å². The standard InChI is InChI=1S/C18H20N4O/c1-12-5-4-6-15(18(12)23-3)16(17-10-19-11-21-17)9-14-7-8-20-13(2)22-14/h4-8,10-11,16H,9H2,1-3H3,(H,19,21). The Morgan fingerprint density at radius 3 is 2.78 bits per heavy atom. The maximum Gasteiger partial charge on any atom is 0.125 e. The van der Waals surface area contributed by atoms with E-state index in [2.05, 4.69) is 45.1 Å². The van der Waals surface area contributed by atoms with Crippen LogP contribution in [0.2, 0.25) is 0 Å². The van der Waals surface area contributed by atoms with Gasteiger partial charge >= 0.3 is 0 Å². The molecule has 3 aromatic rings. The lowest BCUT2D eigenvalue weighted by molar-refractivity contribution is 0.404. The first-order chi connectivity index (χ1) is 11.2. The number of methoxy groups -OCH3 is 1. The third-order valence-electron chi connectivity index (χ3n) is 3.96. The molecule has 118 valence electrons. The molecule has 3 rings (SSSR count). The summed E-state index contributed by atoms with van der Waals surface area (Å²) in [7, 11) is 1.71. The molecule has 0 bridgehead atoms. The fraction of sp³-hybridized carbons (Fsp3) is 0.278. The van der Waals surface area contributed by atoms with Crippen molar-refractivity contribution in [2.75, 3.05) is 7.11 Å². The van der Waals surface area contributed by atoms with E-state index in [0.717, 1.165) is 40.5 Å². The molecule has 5 nitrogen and oxygen atoms in total. The third-order valence-corrected chi connectivity index (χ3v) is 3.96. The Morgan fingerprint density at radius 2 is 2.09 bits per heavy atom. The number of benzene rings is 1. The number of hydrogen-bond donors (Lipinski definition) is 1. The van der Waals surface area contributed by atoms with Crippen LogP contribution in [0.3, 0.4) is 0 Å². The molecule has 0 radical (unpaired) electrons. The number of nitrogens with one attached hydrogen (secondary N) is 1. The monoisotopic (exact) mass is 308 g/mol. The van der Waals surface area contributed by atoms with Crippen LogP contribution < -0.4 is 4.74 Å². The van der Waals surface area contributed by atoms with Crippen molar-refractivity contribution in [2.24, 2.45) is 0 Å². The number of imidazole rings is 1. The fourth-order valence-corrected chi connectivity index (χ4v) is 2.90. The summed E-state index contributed by atoms with van der Waals surface area (Å²) in [5.74, 6) is 1.79. The van der Waals surface area contributed by atoms with Gasteiger partial charge in [0.25, 0.3) is 0 Å². The van der Waals surface area contributed by atoms with E-state index in [-0.39, 0.29) is 5.92 Å². The van der Waals surface area contributed by atoms with Gasteiger partial charge < -0.3 is 9.72 Å². The fourth-order valence-electron chi connectivity index (χ4n) is 2.90. The van der Waals surface area contributed by atoms with Crippen molar-refractivity contribution in [2.45, 2.75) is 26.2 Å². The highest BCUT2D eigenvalue weighted by Crippen LogP contribution is 2.35. The Kier molecular flexibility index (Phi) is 4.37. The summed E-state index contributed by atoms with van der Waals surface area (Å²) in [5, 5.41) is 0. The molecule has 0 saturated heterocycles. The van der Waals surface area contributed by atoms with Crippen molar-refractivity contribution >= 4 is 0 Å². The Labute approximate surface area is 135 Å². The SMILES string of the molecule is COc1c(C)cccc1C(Cc1ccnc(C)n1)c1cnc[nH]1. The molecule has 0 saturated carbocycles. The number of aromatic nitrogens is 4. The van der Waals surface area contributed by atoms with E-state index >= 15 is 0 Å². The van der Waals surface area contributed by atoms with Crippen LogP contribution in [0.5, 0.6) is 5.75 Å². The number of aryl methyl sites for hydroxylation is 2. The minimum absolute atomic E-state index is 0.0987. The van der Waals surface area contributed by atoms with Crippen LogP contribution in [-0.4, -0.2) is 27.0 Å². The van der Waals surface area contributed by atoms with Crippen LogP contribution in [0, 0.1) is 13.8 Å². The molecule has 0 aliphatic rings. The van der Waals surface area contributed by atoms with E-state index in [9.17, 15) is 0 Å². The summed E-state index contributed by atoms with van der Waals surface area (Å²) in [6.07, 6.45) is 6.12. The summed E-state index contributed by atoms with van der Waals surface area (Å²) >= 11 is 0. The van der Waals surface area contributed by atoms with Gasteiger partial charge in [-0.15, -0.1) is 0 Å². The maximum atomic E-state index is 5.65. The average Bonchev–Trinajstić information content (AvgIpc) is 3.06. The van der Waals surface area contributed by atoms with Gasteiger partial charge in [0.2, 0.25) is 0 Å². The van der Waals surface area contributed by atoms with Gasteiger partial charge in [0.05, 0.1) is 13.4 Å². The molecule has 0 fully saturated rings. The molecule has 1 atom stereocenters. The van der Waals surface area contributed by atoms with E-state index in [1.54, 1.807) is 19.6 Å². The van der Waals surface area contributed by atoms with Gasteiger partial charge in [-0.2, -0.15) is 0 Å². The van der Waals surface area contributed by atoms with Gasteiger partial charge in [-0.05, 0) is 25.5 Å². The van der Waals surface area contributed by atoms with Crippen LogP contribution in [0.4, 0.5) is 0 Å². The topological polar surface area (TPSA) is 63.7 Å². The van der Waals surface area contributed by atoms with Crippen LogP contribution in [0.1, 0.15) is 34.3 Å². The third kappa shape index (κ3) is 3.23. The molecule has 1 aromatic carbocycles. The Balaban J connectivity index is 2.05. The van der Waals surface area contributed by atoms with Gasteiger partial charge in [0.1, 0.15) is 11.6 Å². The van der Waals surface area contributed by atoms with E-state index in [4.69, 9.17) is 4.74 Å². The molecule has 1 N–H and O–H groups in total. The predicted molar refractivity (Wildman–Crippen MR) is 88.6 cm³/mol. The first kappa shape index (κ1) is 15.2. The number of rotatable bonds is 5. The lowest BCUT2D eigenvalue weighted by Crippen LogP contribution is -2.10. The van der Waals surface area contributed by atoms with Gasteiger partial charge in [-0.3, -0.25) is 0 Å². The molecule has 0 aliphatic carbocycles. The lowest BCUT2D eigenvalue weighted by atomic mass is 9.89. The molecule has 2 heterocycles. The van der Waals surface area contributed by atoms with Crippen molar-refractivity contribution in [3.63, 3.8) is 0 Å². The molecule has 0 spiro atoms. The molecule has 1 unspecified atom stereocenters. The smallest absolute Gasteiger partial charge is 0.125 e. The maximum absolute atomic E-state index is 5.65. The van der Waals surface area contributed by atoms with Gasteiger partial charge in [0, 0.05) is 41.7 Å². The second-order valence-electron chi connectivity index (χ2n) is 5.56. The van der Waals surface area contributed by atoms with Crippen molar-refractivity contribution in [1.29, 1.82) is 0 Å². The van der Waals surface area contributed by atoms with Crippen molar-refractivity contribution in [3.8, 4) is 5.75 Å². The van der Waals surface area contributed by atoms with E-state index in [1.807, 2.05) is 19.2 Å². The Hall–Kier alpha value is -2.69. The molecule has 0 amide bonds. The summed E-state index contributed by atoms with van der Waals surface area (Å²) in [4.78, 5) is 16.1.